The first kappa shape index (κ1) is 19.4. The molecule has 1 aliphatic rings. The quantitative estimate of drug-likeness (QED) is 0.428. The Bertz CT molecular complexity index is 730. The maximum absolute atomic E-state index is 5.36. The molecule has 0 atom stereocenters. The zero-order valence-electron chi connectivity index (χ0n) is 15.3. The summed E-state index contributed by atoms with van der Waals surface area (Å²) in [6, 6.07) is 17.4. The molecule has 0 bridgehead atoms. The van der Waals surface area contributed by atoms with Crippen LogP contribution in [0.1, 0.15) is 6.42 Å². The third kappa shape index (κ3) is 7.05. The highest BCUT2D eigenvalue weighted by Gasteiger charge is 2.09. The zero-order chi connectivity index (χ0) is 18.7. The summed E-state index contributed by atoms with van der Waals surface area (Å²) in [5, 5.41) is 15.5. The molecule has 0 aliphatic carbocycles. The van der Waals surface area contributed by atoms with Gasteiger partial charge < -0.3 is 15.4 Å². The highest BCUT2D eigenvalue weighted by Crippen LogP contribution is 2.19. The number of thiocarbonyl (C=S) groups is 1. The van der Waals surface area contributed by atoms with Crippen LogP contribution >= 0.6 is 12.2 Å². The Balaban J connectivity index is 1.37. The fraction of sp³-hybridized carbons (Fsp3) is 0.350. The normalized spacial score (nSPS) is 15.0. The number of rotatable bonds is 7. The van der Waals surface area contributed by atoms with Gasteiger partial charge >= 0.3 is 0 Å². The molecule has 0 unspecified atom stereocenters. The average molecular weight is 384 g/mol. The lowest BCUT2D eigenvalue weighted by molar-refractivity contribution is 0.0376. The molecule has 6 nitrogen and oxygen atoms in total. The van der Waals surface area contributed by atoms with Crippen LogP contribution in [0.2, 0.25) is 0 Å². The van der Waals surface area contributed by atoms with Gasteiger partial charge in [-0.2, -0.15) is 10.2 Å². The van der Waals surface area contributed by atoms with Crippen LogP contribution in [0.15, 0.2) is 64.8 Å². The van der Waals surface area contributed by atoms with E-state index in [4.69, 9.17) is 17.0 Å². The van der Waals surface area contributed by atoms with E-state index in [1.54, 1.807) is 0 Å². The van der Waals surface area contributed by atoms with Gasteiger partial charge in [0.15, 0.2) is 5.11 Å². The predicted molar refractivity (Wildman–Crippen MR) is 113 cm³/mol. The number of benzene rings is 2. The Labute approximate surface area is 165 Å². The molecular weight excluding hydrogens is 358 g/mol. The van der Waals surface area contributed by atoms with Gasteiger partial charge in [0.1, 0.15) is 0 Å². The van der Waals surface area contributed by atoms with E-state index in [-0.39, 0.29) is 0 Å². The van der Waals surface area contributed by atoms with Crippen LogP contribution in [0.4, 0.5) is 17.1 Å². The highest BCUT2D eigenvalue weighted by molar-refractivity contribution is 7.80. The fourth-order valence-corrected chi connectivity index (χ4v) is 2.95. The molecule has 0 spiro atoms. The molecule has 1 saturated heterocycles. The van der Waals surface area contributed by atoms with Crippen molar-refractivity contribution in [3.05, 3.63) is 54.6 Å². The number of ether oxygens (including phenoxy) is 1. The zero-order valence-corrected chi connectivity index (χ0v) is 16.1. The van der Waals surface area contributed by atoms with Crippen LogP contribution in [0.5, 0.6) is 0 Å². The second kappa shape index (κ2) is 10.7. The van der Waals surface area contributed by atoms with E-state index in [0.29, 0.717) is 5.11 Å². The second-order valence-electron chi connectivity index (χ2n) is 6.27. The van der Waals surface area contributed by atoms with Crippen LogP contribution < -0.4 is 10.6 Å². The van der Waals surface area contributed by atoms with E-state index in [1.807, 2.05) is 54.6 Å². The van der Waals surface area contributed by atoms with Crippen LogP contribution in [0.25, 0.3) is 0 Å². The van der Waals surface area contributed by atoms with E-state index < -0.39 is 0 Å². The highest BCUT2D eigenvalue weighted by atomic mass is 32.1. The van der Waals surface area contributed by atoms with Crippen molar-refractivity contribution in [1.82, 2.24) is 10.2 Å². The lowest BCUT2D eigenvalue weighted by atomic mass is 10.3. The number of nitrogens with zero attached hydrogens (tertiary/aromatic N) is 3. The molecular formula is C20H25N5OS. The maximum Gasteiger partial charge on any atom is 0.170 e. The maximum atomic E-state index is 5.36. The van der Waals surface area contributed by atoms with E-state index in [0.717, 1.165) is 62.9 Å². The summed E-state index contributed by atoms with van der Waals surface area (Å²) in [5.41, 5.74) is 2.57. The molecule has 1 aliphatic heterocycles. The average Bonchev–Trinajstić information content (AvgIpc) is 2.72. The van der Waals surface area contributed by atoms with Gasteiger partial charge in [-0.3, -0.25) is 4.90 Å². The summed E-state index contributed by atoms with van der Waals surface area (Å²) >= 11 is 5.36. The summed E-state index contributed by atoms with van der Waals surface area (Å²) < 4.78 is 5.36. The fourth-order valence-electron chi connectivity index (χ4n) is 2.73. The van der Waals surface area contributed by atoms with Gasteiger partial charge in [0.05, 0.1) is 24.6 Å². The van der Waals surface area contributed by atoms with Gasteiger partial charge in [-0.1, -0.05) is 18.2 Å². The summed E-state index contributed by atoms with van der Waals surface area (Å²) in [4.78, 5) is 2.42. The molecule has 0 saturated carbocycles. The topological polar surface area (TPSA) is 61.2 Å². The Morgan fingerprint density at radius 2 is 1.63 bits per heavy atom. The van der Waals surface area contributed by atoms with Gasteiger partial charge in [-0.15, -0.1) is 0 Å². The van der Waals surface area contributed by atoms with Gasteiger partial charge in [0, 0.05) is 25.3 Å². The number of azo groups is 1. The first-order valence-electron chi connectivity index (χ1n) is 9.21. The Morgan fingerprint density at radius 1 is 0.963 bits per heavy atom. The molecule has 0 aromatic heterocycles. The molecule has 27 heavy (non-hydrogen) atoms. The van der Waals surface area contributed by atoms with Crippen LogP contribution in [-0.4, -0.2) is 49.4 Å². The second-order valence-corrected chi connectivity index (χ2v) is 6.68. The Kier molecular flexibility index (Phi) is 7.70. The minimum Gasteiger partial charge on any atom is -0.379 e. The molecule has 1 heterocycles. The van der Waals surface area contributed by atoms with Crippen molar-refractivity contribution in [3.8, 4) is 0 Å². The molecule has 2 aromatic rings. The molecule has 0 radical (unpaired) electrons. The lowest BCUT2D eigenvalue weighted by Crippen LogP contribution is -2.38. The largest absolute Gasteiger partial charge is 0.379 e. The van der Waals surface area contributed by atoms with Gasteiger partial charge in [-0.05, 0) is 61.6 Å². The van der Waals surface area contributed by atoms with E-state index >= 15 is 0 Å². The minimum absolute atomic E-state index is 0.635. The lowest BCUT2D eigenvalue weighted by Gasteiger charge is -2.26. The summed E-state index contributed by atoms with van der Waals surface area (Å²) in [7, 11) is 0. The van der Waals surface area contributed by atoms with Crippen molar-refractivity contribution in [2.45, 2.75) is 6.42 Å². The smallest absolute Gasteiger partial charge is 0.170 e. The Morgan fingerprint density at radius 3 is 2.33 bits per heavy atom. The van der Waals surface area contributed by atoms with Gasteiger partial charge in [-0.25, -0.2) is 0 Å². The van der Waals surface area contributed by atoms with Crippen molar-refractivity contribution in [1.29, 1.82) is 0 Å². The predicted octanol–water partition coefficient (Wildman–Crippen LogP) is 4.11. The van der Waals surface area contributed by atoms with Gasteiger partial charge in [0.2, 0.25) is 0 Å². The first-order chi connectivity index (χ1) is 13.3. The van der Waals surface area contributed by atoms with Crippen LogP contribution in [-0.2, 0) is 4.74 Å². The van der Waals surface area contributed by atoms with Crippen LogP contribution in [0.3, 0.4) is 0 Å². The number of hydrogen-bond acceptors (Lipinski definition) is 5. The third-order valence-corrected chi connectivity index (χ3v) is 4.45. The standard InChI is InChI=1S/C20H25N5OS/c27-20(21-11-4-12-25-13-15-26-16-14-25)22-17-7-9-19(10-8-17)24-23-18-5-2-1-3-6-18/h1-3,5-10H,4,11-16H2,(H2,21,22,27). The number of nitrogens with one attached hydrogen (secondary N) is 2. The minimum atomic E-state index is 0.635. The summed E-state index contributed by atoms with van der Waals surface area (Å²) in [5.74, 6) is 0. The van der Waals surface area contributed by atoms with E-state index in [1.165, 1.54) is 0 Å². The van der Waals surface area contributed by atoms with Crippen molar-refractivity contribution >= 4 is 34.4 Å². The molecule has 3 rings (SSSR count). The first-order valence-corrected chi connectivity index (χ1v) is 9.62. The van der Waals surface area contributed by atoms with Crippen molar-refractivity contribution in [2.24, 2.45) is 10.2 Å². The SMILES string of the molecule is S=C(NCCCN1CCOCC1)Nc1ccc(N=Nc2ccccc2)cc1. The van der Waals surface area contributed by atoms with Crippen molar-refractivity contribution in [3.63, 3.8) is 0 Å². The molecule has 1 fully saturated rings. The molecule has 0 amide bonds. The van der Waals surface area contributed by atoms with E-state index in [9.17, 15) is 0 Å². The van der Waals surface area contributed by atoms with Crippen LogP contribution in [0, 0.1) is 0 Å². The Hall–Kier alpha value is -2.35. The molecule has 2 N–H and O–H groups in total. The third-order valence-electron chi connectivity index (χ3n) is 4.20. The van der Waals surface area contributed by atoms with Gasteiger partial charge in [0.25, 0.3) is 0 Å². The van der Waals surface area contributed by atoms with Crippen molar-refractivity contribution in [2.75, 3.05) is 44.7 Å². The number of hydrogen-bond donors (Lipinski definition) is 2. The van der Waals surface area contributed by atoms with E-state index in [2.05, 4.69) is 25.8 Å². The number of anilines is 1. The number of morpholine rings is 1. The molecule has 142 valence electrons. The van der Waals surface area contributed by atoms with Crippen molar-refractivity contribution < 1.29 is 4.74 Å². The molecule has 2 aromatic carbocycles. The summed E-state index contributed by atoms with van der Waals surface area (Å²) in [6.45, 7) is 5.66. The summed E-state index contributed by atoms with van der Waals surface area (Å²) in [6.07, 6.45) is 1.06. The monoisotopic (exact) mass is 383 g/mol. The molecule has 7 heteroatoms.